The quantitative estimate of drug-likeness (QED) is 0.493. The highest BCUT2D eigenvalue weighted by Crippen LogP contribution is 2.32. The lowest BCUT2D eigenvalue weighted by Crippen LogP contribution is -2.36. The Morgan fingerprint density at radius 2 is 2.33 bits per heavy atom. The van der Waals surface area contributed by atoms with Crippen LogP contribution in [0.3, 0.4) is 0 Å². The van der Waals surface area contributed by atoms with Crippen molar-refractivity contribution in [2.45, 2.75) is 10.5 Å². The molecule has 1 atom stereocenters. The van der Waals surface area contributed by atoms with Crippen LogP contribution in [0, 0.1) is 11.3 Å². The summed E-state index contributed by atoms with van der Waals surface area (Å²) in [4.78, 5) is 3.83. The van der Waals surface area contributed by atoms with Gasteiger partial charge in [0, 0.05) is 17.3 Å². The summed E-state index contributed by atoms with van der Waals surface area (Å²) < 4.78 is 37.6. The van der Waals surface area contributed by atoms with Crippen molar-refractivity contribution in [1.82, 2.24) is 4.98 Å². The summed E-state index contributed by atoms with van der Waals surface area (Å²) in [6, 6.07) is 0. The first kappa shape index (κ1) is 12.3. The van der Waals surface area contributed by atoms with Crippen LogP contribution < -0.4 is 5.73 Å². The van der Waals surface area contributed by atoms with Crippen LogP contribution in [0.15, 0.2) is 15.9 Å². The average Bonchev–Trinajstić information content (AvgIpc) is 2.53. The summed E-state index contributed by atoms with van der Waals surface area (Å²) in [6.45, 7) is 0. The molecule has 15 heavy (non-hydrogen) atoms. The van der Waals surface area contributed by atoms with Gasteiger partial charge < -0.3 is 5.73 Å². The van der Waals surface area contributed by atoms with Crippen LogP contribution in [0.1, 0.15) is 0 Å². The number of thioether (sulfide) groups is 1. The van der Waals surface area contributed by atoms with Crippen molar-refractivity contribution in [3.8, 4) is 0 Å². The molecule has 0 fully saturated rings. The molecule has 84 valence electrons. The third-order valence-corrected chi connectivity index (χ3v) is 3.61. The summed E-state index contributed by atoms with van der Waals surface area (Å²) >= 11 is 2.22. The molecule has 1 heterocycles. The minimum atomic E-state index is -4.46. The summed E-state index contributed by atoms with van der Waals surface area (Å²) in [5, 5.41) is 8.54. The second kappa shape index (κ2) is 4.84. The number of halogens is 3. The van der Waals surface area contributed by atoms with Gasteiger partial charge in [-0.25, -0.2) is 4.98 Å². The Kier molecular flexibility index (Phi) is 3.97. The van der Waals surface area contributed by atoms with Crippen LogP contribution in [-0.4, -0.2) is 22.7 Å². The highest BCUT2D eigenvalue weighted by molar-refractivity contribution is 8.01. The topological polar surface area (TPSA) is 62.8 Å². The van der Waals surface area contributed by atoms with Crippen molar-refractivity contribution in [3.63, 3.8) is 0 Å². The van der Waals surface area contributed by atoms with Crippen LogP contribution in [0.25, 0.3) is 0 Å². The molecule has 1 aromatic heterocycles. The van der Waals surface area contributed by atoms with Crippen molar-refractivity contribution in [2.75, 3.05) is 5.75 Å². The van der Waals surface area contributed by atoms with Crippen molar-refractivity contribution < 1.29 is 13.2 Å². The number of amidine groups is 1. The number of hydrogen-bond acceptors (Lipinski definition) is 4. The average molecular weight is 255 g/mol. The van der Waals surface area contributed by atoms with Crippen LogP contribution in [0.4, 0.5) is 13.2 Å². The van der Waals surface area contributed by atoms with E-state index in [-0.39, 0.29) is 5.75 Å². The summed E-state index contributed by atoms with van der Waals surface area (Å²) in [5.74, 6) is -3.05. The van der Waals surface area contributed by atoms with Crippen molar-refractivity contribution in [1.29, 1.82) is 5.41 Å². The minimum Gasteiger partial charge on any atom is -0.387 e. The molecule has 3 nitrogen and oxygen atoms in total. The number of aromatic nitrogens is 1. The van der Waals surface area contributed by atoms with Gasteiger partial charge in [-0.3, -0.25) is 5.41 Å². The fourth-order valence-electron chi connectivity index (χ4n) is 0.797. The Hall–Kier alpha value is -0.760. The Morgan fingerprint density at radius 3 is 2.73 bits per heavy atom. The van der Waals surface area contributed by atoms with Gasteiger partial charge in [0.1, 0.15) is 16.1 Å². The monoisotopic (exact) mass is 255 g/mol. The van der Waals surface area contributed by atoms with E-state index in [2.05, 4.69) is 4.98 Å². The summed E-state index contributed by atoms with van der Waals surface area (Å²) in [7, 11) is 0. The standard InChI is InChI=1S/C7H8F3N3S2/c8-7(9,10)4(5(11)12)3-15-6-13-1-2-14-6/h1-2,4H,3H2,(H3,11,12). The third kappa shape index (κ3) is 3.71. The number of alkyl halides is 3. The number of nitrogens with two attached hydrogens (primary N) is 1. The molecular formula is C7H8F3N3S2. The molecular weight excluding hydrogens is 247 g/mol. The summed E-state index contributed by atoms with van der Waals surface area (Å²) in [6.07, 6.45) is -2.94. The molecule has 0 amide bonds. The number of thiazole rings is 1. The number of nitrogens with one attached hydrogen (secondary N) is 1. The van der Waals surface area contributed by atoms with Crippen molar-refractivity contribution in [3.05, 3.63) is 11.6 Å². The van der Waals surface area contributed by atoms with E-state index in [9.17, 15) is 13.2 Å². The molecule has 0 radical (unpaired) electrons. The Labute approximate surface area is 92.4 Å². The van der Waals surface area contributed by atoms with Gasteiger partial charge in [0.25, 0.3) is 0 Å². The maximum absolute atomic E-state index is 12.3. The van der Waals surface area contributed by atoms with Gasteiger partial charge in [0.05, 0.1) is 0 Å². The first-order chi connectivity index (χ1) is 6.91. The first-order valence-electron chi connectivity index (χ1n) is 3.84. The van der Waals surface area contributed by atoms with E-state index >= 15 is 0 Å². The predicted octanol–water partition coefficient (Wildman–Crippen LogP) is 2.35. The second-order valence-corrected chi connectivity index (χ2v) is 4.82. The summed E-state index contributed by atoms with van der Waals surface area (Å²) in [5.41, 5.74) is 4.90. The number of nitrogens with zero attached hydrogens (tertiary/aromatic N) is 1. The van der Waals surface area contributed by atoms with E-state index in [1.807, 2.05) is 0 Å². The molecule has 0 aliphatic carbocycles. The molecule has 0 saturated carbocycles. The van der Waals surface area contributed by atoms with Crippen molar-refractivity contribution in [2.24, 2.45) is 11.7 Å². The fraction of sp³-hybridized carbons (Fsp3) is 0.429. The van der Waals surface area contributed by atoms with Gasteiger partial charge >= 0.3 is 6.18 Å². The van der Waals surface area contributed by atoms with Gasteiger partial charge in [-0.15, -0.1) is 11.3 Å². The molecule has 8 heteroatoms. The van der Waals surface area contributed by atoms with E-state index < -0.39 is 17.9 Å². The Morgan fingerprint density at radius 1 is 1.67 bits per heavy atom. The van der Waals surface area contributed by atoms with Gasteiger partial charge in [-0.2, -0.15) is 13.2 Å². The molecule has 1 aromatic rings. The number of hydrogen-bond donors (Lipinski definition) is 2. The lowest BCUT2D eigenvalue weighted by atomic mass is 10.1. The zero-order valence-electron chi connectivity index (χ0n) is 7.41. The lowest BCUT2D eigenvalue weighted by Gasteiger charge is -2.17. The second-order valence-electron chi connectivity index (χ2n) is 2.66. The Balaban J connectivity index is 2.57. The van der Waals surface area contributed by atoms with Crippen LogP contribution in [0.5, 0.6) is 0 Å². The predicted molar refractivity (Wildman–Crippen MR) is 54.3 cm³/mol. The lowest BCUT2D eigenvalue weighted by molar-refractivity contribution is -0.149. The molecule has 0 aromatic carbocycles. The maximum Gasteiger partial charge on any atom is 0.399 e. The van der Waals surface area contributed by atoms with E-state index in [1.165, 1.54) is 17.5 Å². The van der Waals surface area contributed by atoms with Gasteiger partial charge in [0.15, 0.2) is 0 Å². The zero-order valence-corrected chi connectivity index (χ0v) is 9.05. The molecule has 0 aliphatic heterocycles. The van der Waals surface area contributed by atoms with Gasteiger partial charge in [-0.05, 0) is 0 Å². The van der Waals surface area contributed by atoms with E-state index in [4.69, 9.17) is 11.1 Å². The largest absolute Gasteiger partial charge is 0.399 e. The number of rotatable bonds is 4. The smallest absolute Gasteiger partial charge is 0.387 e. The fourth-order valence-corrected chi connectivity index (χ4v) is 2.61. The first-order valence-corrected chi connectivity index (χ1v) is 5.70. The third-order valence-electron chi connectivity index (χ3n) is 1.55. The van der Waals surface area contributed by atoms with Gasteiger partial charge in [0.2, 0.25) is 0 Å². The highest BCUT2D eigenvalue weighted by Gasteiger charge is 2.41. The molecule has 0 bridgehead atoms. The Bertz CT molecular complexity index is 323. The zero-order chi connectivity index (χ0) is 11.5. The molecule has 3 N–H and O–H groups in total. The van der Waals surface area contributed by atoms with E-state index in [1.54, 1.807) is 5.38 Å². The van der Waals surface area contributed by atoms with Crippen LogP contribution in [0.2, 0.25) is 0 Å². The van der Waals surface area contributed by atoms with Crippen molar-refractivity contribution >= 4 is 28.9 Å². The molecule has 0 saturated heterocycles. The molecule has 1 rings (SSSR count). The minimum absolute atomic E-state index is 0.299. The molecule has 0 aliphatic rings. The normalized spacial score (nSPS) is 13.8. The van der Waals surface area contributed by atoms with E-state index in [0.29, 0.717) is 4.34 Å². The molecule has 0 spiro atoms. The van der Waals surface area contributed by atoms with Crippen LogP contribution >= 0.6 is 23.1 Å². The highest BCUT2D eigenvalue weighted by atomic mass is 32.2. The molecule has 1 unspecified atom stereocenters. The maximum atomic E-state index is 12.3. The van der Waals surface area contributed by atoms with Crippen LogP contribution in [-0.2, 0) is 0 Å². The van der Waals surface area contributed by atoms with E-state index in [0.717, 1.165) is 11.8 Å². The SMILES string of the molecule is N=C(N)C(CSc1nccs1)C(F)(F)F. The van der Waals surface area contributed by atoms with Gasteiger partial charge in [-0.1, -0.05) is 11.8 Å².